The van der Waals surface area contributed by atoms with Crippen molar-refractivity contribution in [2.75, 3.05) is 5.32 Å². The Labute approximate surface area is 165 Å². The quantitative estimate of drug-likeness (QED) is 0.306. The van der Waals surface area contributed by atoms with Crippen molar-refractivity contribution in [1.29, 1.82) is 0 Å². The molecule has 0 aliphatic carbocycles. The number of rotatable bonds is 5. The smallest absolute Gasteiger partial charge is 0.275 e. The van der Waals surface area contributed by atoms with Gasteiger partial charge in [-0.1, -0.05) is 6.58 Å². The van der Waals surface area contributed by atoms with Crippen molar-refractivity contribution in [2.45, 2.75) is 13.8 Å². The summed E-state index contributed by atoms with van der Waals surface area (Å²) in [5.74, 6) is 0.246. The fraction of sp³-hybridized carbons (Fsp3) is 0.100. The summed E-state index contributed by atoms with van der Waals surface area (Å²) in [5, 5.41) is 18.3. The van der Waals surface area contributed by atoms with Crippen molar-refractivity contribution in [3.63, 3.8) is 0 Å². The molecule has 9 nitrogen and oxygen atoms in total. The van der Waals surface area contributed by atoms with Gasteiger partial charge in [0.1, 0.15) is 11.5 Å². The fourth-order valence-corrected chi connectivity index (χ4v) is 2.98. The Morgan fingerprint density at radius 2 is 1.90 bits per heavy atom. The molecule has 0 atom stereocenters. The summed E-state index contributed by atoms with van der Waals surface area (Å²) in [5.41, 5.74) is 9.66. The summed E-state index contributed by atoms with van der Waals surface area (Å²) in [7, 11) is 0. The predicted molar refractivity (Wildman–Crippen MR) is 110 cm³/mol. The van der Waals surface area contributed by atoms with Gasteiger partial charge in [-0.3, -0.25) is 15.0 Å². The van der Waals surface area contributed by atoms with Crippen LogP contribution in [0.4, 0.5) is 5.69 Å². The summed E-state index contributed by atoms with van der Waals surface area (Å²) >= 11 is 0. The van der Waals surface area contributed by atoms with Crippen molar-refractivity contribution in [1.82, 2.24) is 25.4 Å². The topological polar surface area (TPSA) is 135 Å². The van der Waals surface area contributed by atoms with E-state index in [1.54, 1.807) is 32.4 Å². The number of aromatic amines is 2. The number of hydrogen-bond acceptors (Lipinski definition) is 6. The van der Waals surface area contributed by atoms with Crippen LogP contribution in [0.1, 0.15) is 13.8 Å². The van der Waals surface area contributed by atoms with Crippen molar-refractivity contribution in [2.24, 2.45) is 5.73 Å². The van der Waals surface area contributed by atoms with Crippen LogP contribution < -0.4 is 11.1 Å². The van der Waals surface area contributed by atoms with E-state index in [2.05, 4.69) is 37.3 Å². The van der Waals surface area contributed by atoms with Gasteiger partial charge in [-0.05, 0) is 37.6 Å². The summed E-state index contributed by atoms with van der Waals surface area (Å²) in [6.45, 7) is 6.94. The third kappa shape index (κ3) is 3.53. The van der Waals surface area contributed by atoms with E-state index < -0.39 is 5.91 Å². The van der Waals surface area contributed by atoms with Gasteiger partial charge in [-0.2, -0.15) is 10.2 Å². The highest BCUT2D eigenvalue weighted by atomic mass is 16.5. The number of carbonyl (C=O) groups is 1. The lowest BCUT2D eigenvalue weighted by molar-refractivity contribution is -0.113. The average molecular weight is 389 g/mol. The number of aromatic nitrogens is 5. The highest BCUT2D eigenvalue weighted by Gasteiger charge is 2.15. The third-order valence-electron chi connectivity index (χ3n) is 4.38. The molecule has 0 spiro atoms. The Morgan fingerprint density at radius 1 is 1.10 bits per heavy atom. The molecule has 1 amide bonds. The Bertz CT molecular complexity index is 1280. The Morgan fingerprint density at radius 3 is 2.69 bits per heavy atom. The van der Waals surface area contributed by atoms with Crippen LogP contribution in [0.3, 0.4) is 0 Å². The monoisotopic (exact) mass is 389 g/mol. The zero-order valence-corrected chi connectivity index (χ0v) is 15.9. The molecule has 4 rings (SSSR count). The highest BCUT2D eigenvalue weighted by Crippen LogP contribution is 2.31. The molecule has 9 heteroatoms. The van der Waals surface area contributed by atoms with Crippen LogP contribution in [0.5, 0.6) is 0 Å². The second kappa shape index (κ2) is 7.12. The minimum atomic E-state index is -0.480. The number of H-pyrrole nitrogens is 2. The number of amides is 1. The van der Waals surface area contributed by atoms with Gasteiger partial charge < -0.3 is 15.8 Å². The molecule has 0 saturated carbocycles. The predicted octanol–water partition coefficient (Wildman–Crippen LogP) is 3.18. The maximum atomic E-state index is 12.6. The van der Waals surface area contributed by atoms with E-state index in [9.17, 15) is 4.79 Å². The summed E-state index contributed by atoms with van der Waals surface area (Å²) < 4.78 is 5.33. The molecule has 0 bridgehead atoms. The van der Waals surface area contributed by atoms with Crippen molar-refractivity contribution < 1.29 is 9.53 Å². The molecule has 0 radical (unpaired) electrons. The summed E-state index contributed by atoms with van der Waals surface area (Å²) in [4.78, 5) is 17.0. The van der Waals surface area contributed by atoms with E-state index >= 15 is 0 Å². The highest BCUT2D eigenvalue weighted by molar-refractivity contribution is 6.09. The maximum Gasteiger partial charge on any atom is 0.275 e. The number of nitrogens with one attached hydrogen (secondary N) is 3. The first-order valence-electron chi connectivity index (χ1n) is 8.80. The van der Waals surface area contributed by atoms with E-state index in [-0.39, 0.29) is 11.5 Å². The van der Waals surface area contributed by atoms with E-state index in [1.165, 1.54) is 0 Å². The zero-order chi connectivity index (χ0) is 20.5. The first kappa shape index (κ1) is 18.2. The lowest BCUT2D eigenvalue weighted by Gasteiger charge is -2.12. The molecule has 0 aliphatic rings. The number of pyridine rings is 1. The van der Waals surface area contributed by atoms with Crippen LogP contribution in [-0.2, 0) is 9.53 Å². The first-order chi connectivity index (χ1) is 13.9. The van der Waals surface area contributed by atoms with Gasteiger partial charge in [-0.25, -0.2) is 4.98 Å². The van der Waals surface area contributed by atoms with E-state index in [1.807, 2.05) is 18.2 Å². The van der Waals surface area contributed by atoms with Crippen LogP contribution in [0, 0.1) is 0 Å². The SMILES string of the molecule is C=C(C)O/C(C)=C(\N)C(=O)Nc1cc(-c2cnc3[nH]ncc3c2)cc2[nH]ncc12. The zero-order valence-electron chi connectivity index (χ0n) is 15.9. The number of hydrogen-bond donors (Lipinski definition) is 4. The van der Waals surface area contributed by atoms with Gasteiger partial charge in [0.2, 0.25) is 0 Å². The van der Waals surface area contributed by atoms with Crippen LogP contribution in [0.2, 0.25) is 0 Å². The van der Waals surface area contributed by atoms with Crippen LogP contribution in [0.25, 0.3) is 33.1 Å². The van der Waals surface area contributed by atoms with E-state index in [0.29, 0.717) is 17.1 Å². The Hall–Kier alpha value is -4.14. The lowest BCUT2D eigenvalue weighted by atomic mass is 10.0. The number of benzene rings is 1. The fourth-order valence-electron chi connectivity index (χ4n) is 2.98. The van der Waals surface area contributed by atoms with Gasteiger partial charge in [0.15, 0.2) is 5.65 Å². The molecule has 146 valence electrons. The molecule has 29 heavy (non-hydrogen) atoms. The molecule has 0 saturated heterocycles. The summed E-state index contributed by atoms with van der Waals surface area (Å²) in [6.07, 6.45) is 5.09. The number of nitrogens with two attached hydrogens (primary N) is 1. The number of allylic oxidation sites excluding steroid dienone is 2. The summed E-state index contributed by atoms with van der Waals surface area (Å²) in [6, 6.07) is 5.75. The van der Waals surface area contributed by atoms with Crippen LogP contribution >= 0.6 is 0 Å². The van der Waals surface area contributed by atoms with Gasteiger partial charge in [-0.15, -0.1) is 0 Å². The molecule has 0 unspecified atom stereocenters. The second-order valence-corrected chi connectivity index (χ2v) is 6.61. The molecular weight excluding hydrogens is 370 g/mol. The minimum Gasteiger partial charge on any atom is -0.465 e. The van der Waals surface area contributed by atoms with Gasteiger partial charge in [0, 0.05) is 22.5 Å². The molecule has 4 aromatic rings. The van der Waals surface area contributed by atoms with E-state index in [4.69, 9.17) is 10.5 Å². The number of carbonyl (C=O) groups excluding carboxylic acids is 1. The standard InChI is InChI=1S/C20H19N7O2/c1-10(2)29-11(3)18(21)20(28)25-16-5-12(6-17-15(16)9-24-26-17)13-4-14-8-23-27-19(14)22-7-13/h4-9H,1,21H2,2-3H3,(H,24,26)(H,25,28)(H,22,23,27)/b18-11-. The normalized spacial score (nSPS) is 12.1. The number of fused-ring (bicyclic) bond motifs is 2. The Kier molecular flexibility index (Phi) is 4.47. The van der Waals surface area contributed by atoms with E-state index in [0.717, 1.165) is 27.4 Å². The second-order valence-electron chi connectivity index (χ2n) is 6.61. The molecule has 3 aromatic heterocycles. The Balaban J connectivity index is 1.73. The van der Waals surface area contributed by atoms with Gasteiger partial charge >= 0.3 is 0 Å². The lowest BCUT2D eigenvalue weighted by Crippen LogP contribution is -2.22. The number of anilines is 1. The van der Waals surface area contributed by atoms with Crippen molar-refractivity contribution >= 4 is 33.5 Å². The molecule has 0 fully saturated rings. The minimum absolute atomic E-state index is 0.0310. The molecule has 0 aliphatic heterocycles. The van der Waals surface area contributed by atoms with Crippen molar-refractivity contribution in [3.05, 3.63) is 60.6 Å². The number of ether oxygens (including phenoxy) is 1. The molecule has 5 N–H and O–H groups in total. The van der Waals surface area contributed by atoms with Crippen LogP contribution in [0.15, 0.2) is 60.6 Å². The van der Waals surface area contributed by atoms with Crippen molar-refractivity contribution in [3.8, 4) is 11.1 Å². The largest absolute Gasteiger partial charge is 0.465 e. The average Bonchev–Trinajstić information content (AvgIpc) is 3.35. The maximum absolute atomic E-state index is 12.6. The van der Waals surface area contributed by atoms with Gasteiger partial charge in [0.05, 0.1) is 29.4 Å². The number of nitrogens with zero attached hydrogens (tertiary/aromatic N) is 3. The first-order valence-corrected chi connectivity index (χ1v) is 8.80. The molecule has 1 aromatic carbocycles. The third-order valence-corrected chi connectivity index (χ3v) is 4.38. The van der Waals surface area contributed by atoms with Gasteiger partial charge in [0.25, 0.3) is 5.91 Å². The van der Waals surface area contributed by atoms with Crippen LogP contribution in [-0.4, -0.2) is 31.3 Å². The molecular formula is C20H19N7O2. The molecule has 3 heterocycles.